The van der Waals surface area contributed by atoms with E-state index in [4.69, 9.17) is 9.47 Å². The summed E-state index contributed by atoms with van der Waals surface area (Å²) in [6.45, 7) is 5.12. The minimum absolute atomic E-state index is 0.0251. The van der Waals surface area contributed by atoms with Gasteiger partial charge in [-0.2, -0.15) is 0 Å². The molecule has 0 saturated carbocycles. The SMILES string of the molecule is CCCCCCCCCCCCCCCCCCOC(C)Sc1ccccc1C(=O)OC. The number of rotatable bonds is 21. The number of carbonyl (C=O) groups excluding carboxylic acids is 1. The maximum absolute atomic E-state index is 11.9. The molecule has 0 heterocycles. The number of methoxy groups -OCH3 is 1. The Morgan fingerprint density at radius 1 is 0.781 bits per heavy atom. The molecule has 0 aliphatic heterocycles. The van der Waals surface area contributed by atoms with E-state index in [2.05, 4.69) is 6.92 Å². The van der Waals surface area contributed by atoms with Gasteiger partial charge in [-0.05, 0) is 25.5 Å². The molecule has 0 aromatic heterocycles. The minimum atomic E-state index is -0.293. The number of ether oxygens (including phenoxy) is 2. The Kier molecular flexibility index (Phi) is 18.7. The molecule has 0 amide bonds. The van der Waals surface area contributed by atoms with Crippen molar-refractivity contribution in [2.24, 2.45) is 0 Å². The van der Waals surface area contributed by atoms with E-state index in [1.54, 1.807) is 17.8 Å². The lowest BCUT2D eigenvalue weighted by atomic mass is 10.0. The highest BCUT2D eigenvalue weighted by atomic mass is 32.2. The summed E-state index contributed by atoms with van der Waals surface area (Å²) in [7, 11) is 1.42. The molecule has 0 aliphatic carbocycles. The first-order valence-corrected chi connectivity index (χ1v) is 14.0. The third kappa shape index (κ3) is 14.9. The summed E-state index contributed by atoms with van der Waals surface area (Å²) < 4.78 is 10.8. The van der Waals surface area contributed by atoms with Crippen LogP contribution in [0.2, 0.25) is 0 Å². The Morgan fingerprint density at radius 2 is 1.25 bits per heavy atom. The Morgan fingerprint density at radius 3 is 1.75 bits per heavy atom. The molecular formula is C28H48O3S. The number of hydrogen-bond donors (Lipinski definition) is 0. The van der Waals surface area contributed by atoms with E-state index in [1.807, 2.05) is 25.1 Å². The molecule has 1 rings (SSSR count). The van der Waals surface area contributed by atoms with Crippen molar-refractivity contribution < 1.29 is 14.3 Å². The van der Waals surface area contributed by atoms with Crippen LogP contribution >= 0.6 is 11.8 Å². The van der Waals surface area contributed by atoms with Gasteiger partial charge in [-0.25, -0.2) is 4.79 Å². The number of benzene rings is 1. The van der Waals surface area contributed by atoms with Crippen molar-refractivity contribution in [2.75, 3.05) is 13.7 Å². The Balaban J connectivity index is 1.91. The topological polar surface area (TPSA) is 35.5 Å². The second kappa shape index (κ2) is 20.6. The highest BCUT2D eigenvalue weighted by Crippen LogP contribution is 2.28. The fourth-order valence-corrected chi connectivity index (χ4v) is 4.92. The molecule has 0 N–H and O–H groups in total. The summed E-state index contributed by atoms with van der Waals surface area (Å²) in [6, 6.07) is 7.55. The Hall–Kier alpha value is -1.00. The van der Waals surface area contributed by atoms with Gasteiger partial charge in [0.15, 0.2) is 0 Å². The molecule has 3 nitrogen and oxygen atoms in total. The van der Waals surface area contributed by atoms with Crippen LogP contribution < -0.4 is 0 Å². The van der Waals surface area contributed by atoms with Crippen molar-refractivity contribution in [3.05, 3.63) is 29.8 Å². The van der Waals surface area contributed by atoms with Gasteiger partial charge in [0, 0.05) is 11.5 Å². The second-order valence-corrected chi connectivity index (χ2v) is 10.2. The maximum Gasteiger partial charge on any atom is 0.338 e. The summed E-state index contributed by atoms with van der Waals surface area (Å²) in [5.74, 6) is -0.293. The van der Waals surface area contributed by atoms with E-state index in [0.29, 0.717) is 5.56 Å². The minimum Gasteiger partial charge on any atom is -0.465 e. The number of carbonyl (C=O) groups is 1. The van der Waals surface area contributed by atoms with Gasteiger partial charge < -0.3 is 9.47 Å². The summed E-state index contributed by atoms with van der Waals surface area (Å²) in [5, 5.41) is 0. The fraction of sp³-hybridized carbons (Fsp3) is 0.750. The van der Waals surface area contributed by atoms with E-state index < -0.39 is 0 Å². The smallest absolute Gasteiger partial charge is 0.338 e. The first kappa shape index (κ1) is 29.0. The van der Waals surface area contributed by atoms with E-state index in [9.17, 15) is 4.79 Å². The molecule has 1 unspecified atom stereocenters. The summed E-state index contributed by atoms with van der Waals surface area (Å²) in [4.78, 5) is 12.8. The molecule has 1 aromatic carbocycles. The van der Waals surface area contributed by atoms with Crippen LogP contribution in [0, 0.1) is 0 Å². The van der Waals surface area contributed by atoms with Crippen LogP contribution in [0.5, 0.6) is 0 Å². The molecule has 1 aromatic rings. The van der Waals surface area contributed by atoms with Crippen molar-refractivity contribution in [3.63, 3.8) is 0 Å². The molecule has 0 spiro atoms. The zero-order chi connectivity index (χ0) is 23.3. The van der Waals surface area contributed by atoms with E-state index >= 15 is 0 Å². The molecule has 0 fully saturated rings. The van der Waals surface area contributed by atoms with Gasteiger partial charge in [0.25, 0.3) is 0 Å². The zero-order valence-corrected chi connectivity index (χ0v) is 21.9. The average molecular weight is 465 g/mol. The van der Waals surface area contributed by atoms with Gasteiger partial charge >= 0.3 is 5.97 Å². The quantitative estimate of drug-likeness (QED) is 0.0786. The average Bonchev–Trinajstić information content (AvgIpc) is 2.81. The van der Waals surface area contributed by atoms with E-state index in [-0.39, 0.29) is 11.4 Å². The molecule has 0 radical (unpaired) electrons. The molecule has 32 heavy (non-hydrogen) atoms. The number of unbranched alkanes of at least 4 members (excludes halogenated alkanes) is 15. The van der Waals surface area contributed by atoms with Crippen LogP contribution in [0.3, 0.4) is 0 Å². The number of hydrogen-bond acceptors (Lipinski definition) is 4. The predicted molar refractivity (Wildman–Crippen MR) is 139 cm³/mol. The zero-order valence-electron chi connectivity index (χ0n) is 21.0. The first-order valence-electron chi connectivity index (χ1n) is 13.1. The highest BCUT2D eigenvalue weighted by Gasteiger charge is 2.14. The largest absolute Gasteiger partial charge is 0.465 e. The predicted octanol–water partition coefficient (Wildman–Crippen LogP) is 9.19. The molecule has 1 atom stereocenters. The van der Waals surface area contributed by atoms with Crippen LogP contribution in [0.4, 0.5) is 0 Å². The molecule has 4 heteroatoms. The normalized spacial score (nSPS) is 12.1. The standard InChI is InChI=1S/C28H48O3S/c1-4-5-6-7-8-9-10-11-12-13-14-15-16-17-18-21-24-31-25(2)32-27-23-20-19-22-26(27)28(29)30-3/h19-20,22-23,25H,4-18,21,24H2,1-3H3. The van der Waals surface area contributed by atoms with Gasteiger partial charge in [-0.15, -0.1) is 0 Å². The first-order chi connectivity index (χ1) is 15.7. The van der Waals surface area contributed by atoms with Gasteiger partial charge in [0.1, 0.15) is 5.44 Å². The lowest BCUT2D eigenvalue weighted by Crippen LogP contribution is -2.08. The summed E-state index contributed by atoms with van der Waals surface area (Å²) >= 11 is 1.58. The fourth-order valence-electron chi connectivity index (χ4n) is 3.96. The van der Waals surface area contributed by atoms with E-state index in [0.717, 1.165) is 17.9 Å². The monoisotopic (exact) mass is 464 g/mol. The summed E-state index contributed by atoms with van der Waals surface area (Å²) in [6.07, 6.45) is 22.1. The third-order valence-corrected chi connectivity index (χ3v) is 7.01. The van der Waals surface area contributed by atoms with Crippen LogP contribution in [-0.4, -0.2) is 25.1 Å². The van der Waals surface area contributed by atoms with Crippen molar-refractivity contribution in [2.45, 2.75) is 127 Å². The van der Waals surface area contributed by atoms with Gasteiger partial charge in [0.05, 0.1) is 12.7 Å². The van der Waals surface area contributed by atoms with Crippen LogP contribution in [0.25, 0.3) is 0 Å². The molecule has 184 valence electrons. The van der Waals surface area contributed by atoms with Crippen molar-refractivity contribution in [1.82, 2.24) is 0 Å². The van der Waals surface area contributed by atoms with Gasteiger partial charge in [0.2, 0.25) is 0 Å². The van der Waals surface area contributed by atoms with Crippen molar-refractivity contribution in [1.29, 1.82) is 0 Å². The molecule has 0 bridgehead atoms. The van der Waals surface area contributed by atoms with Gasteiger partial charge in [-0.3, -0.25) is 0 Å². The maximum atomic E-state index is 11.9. The van der Waals surface area contributed by atoms with Gasteiger partial charge in [-0.1, -0.05) is 127 Å². The van der Waals surface area contributed by atoms with Crippen LogP contribution in [-0.2, 0) is 9.47 Å². The van der Waals surface area contributed by atoms with Crippen molar-refractivity contribution in [3.8, 4) is 0 Å². The highest BCUT2D eigenvalue weighted by molar-refractivity contribution is 7.99. The molecule has 0 aliphatic rings. The summed E-state index contributed by atoms with van der Waals surface area (Å²) in [5.41, 5.74) is 0.634. The van der Waals surface area contributed by atoms with Crippen LogP contribution in [0.15, 0.2) is 29.2 Å². The Bertz CT molecular complexity index is 576. The van der Waals surface area contributed by atoms with E-state index in [1.165, 1.54) is 103 Å². The Labute approximate surface area is 202 Å². The van der Waals surface area contributed by atoms with Crippen molar-refractivity contribution >= 4 is 17.7 Å². The second-order valence-electron chi connectivity index (χ2n) is 8.85. The van der Waals surface area contributed by atoms with Crippen LogP contribution in [0.1, 0.15) is 127 Å². The number of esters is 1. The lowest BCUT2D eigenvalue weighted by Gasteiger charge is -2.14. The molecular weight excluding hydrogens is 416 g/mol. The number of thioether (sulfide) groups is 1. The molecule has 0 saturated heterocycles. The third-order valence-electron chi connectivity index (χ3n) is 5.94. The lowest BCUT2D eigenvalue weighted by molar-refractivity contribution is 0.0596.